The highest BCUT2D eigenvalue weighted by molar-refractivity contribution is 7.91. The van der Waals surface area contributed by atoms with Crippen molar-refractivity contribution < 1.29 is 43.7 Å². The van der Waals surface area contributed by atoms with Gasteiger partial charge < -0.3 is 13.7 Å². The molecule has 3 aromatic carbocycles. The highest BCUT2D eigenvalue weighted by Crippen LogP contribution is 2.38. The molecule has 0 fully saturated rings. The molecule has 204 valence electrons. The Hall–Kier alpha value is -3.81. The van der Waals surface area contributed by atoms with Crippen molar-refractivity contribution in [3.05, 3.63) is 95.6 Å². The zero-order valence-corrected chi connectivity index (χ0v) is 22.1. The number of nitrogens with zero attached hydrogens (tertiary/aromatic N) is 1. The summed E-state index contributed by atoms with van der Waals surface area (Å²) in [5, 5.41) is -0.486. The van der Waals surface area contributed by atoms with Gasteiger partial charge in [-0.1, -0.05) is 29.8 Å². The van der Waals surface area contributed by atoms with Gasteiger partial charge in [0.25, 0.3) is 0 Å². The molecule has 0 aliphatic heterocycles. The van der Waals surface area contributed by atoms with Crippen LogP contribution in [0.1, 0.15) is 5.56 Å². The number of rotatable bonds is 8. The maximum atomic E-state index is 13.5. The van der Waals surface area contributed by atoms with Crippen LogP contribution >= 0.6 is 11.6 Å². The first-order valence-electron chi connectivity index (χ1n) is 10.7. The van der Waals surface area contributed by atoms with Crippen molar-refractivity contribution in [1.29, 1.82) is 0 Å². The van der Waals surface area contributed by atoms with Gasteiger partial charge in [0, 0.05) is 12.3 Å². The van der Waals surface area contributed by atoms with Crippen molar-refractivity contribution in [2.75, 3.05) is 7.11 Å². The lowest BCUT2D eigenvalue weighted by atomic mass is 10.3. The van der Waals surface area contributed by atoms with Gasteiger partial charge >= 0.3 is 16.3 Å². The molecule has 0 N–H and O–H groups in total. The highest BCUT2D eigenvalue weighted by atomic mass is 35.5. The molecule has 4 aromatic rings. The van der Waals surface area contributed by atoms with Crippen molar-refractivity contribution in [2.45, 2.75) is 20.9 Å². The molecule has 0 saturated carbocycles. The third-order valence-corrected chi connectivity index (χ3v) is 8.47. The molecule has 8 nitrogen and oxygen atoms in total. The predicted molar refractivity (Wildman–Crippen MR) is 133 cm³/mol. The highest BCUT2D eigenvalue weighted by Gasteiger charge is 2.32. The number of halogens is 4. The van der Waals surface area contributed by atoms with Crippen molar-refractivity contribution in [2.24, 2.45) is 0 Å². The summed E-state index contributed by atoms with van der Waals surface area (Å²) in [6.45, 7) is 0. The molecule has 0 bridgehead atoms. The van der Waals surface area contributed by atoms with Crippen LogP contribution < -0.4 is 13.7 Å². The molecular formula is C25H17ClF3NO7S2. The molecule has 0 radical (unpaired) electrons. The molecule has 0 spiro atoms. The van der Waals surface area contributed by atoms with E-state index in [1.54, 1.807) is 6.07 Å². The average Bonchev–Trinajstić information content (AvgIpc) is 2.90. The van der Waals surface area contributed by atoms with Crippen molar-refractivity contribution >= 4 is 31.6 Å². The number of alkyl halides is 3. The first-order chi connectivity index (χ1) is 18.3. The Morgan fingerprint density at radius 3 is 2.05 bits per heavy atom. The maximum Gasteiger partial charge on any atom is 0.417 e. The topological polar surface area (TPSA) is 109 Å². The molecule has 4 rings (SSSR count). The van der Waals surface area contributed by atoms with Crippen LogP contribution in [0.2, 0.25) is 5.02 Å². The van der Waals surface area contributed by atoms with Crippen LogP contribution in [0.15, 0.2) is 99.7 Å². The second-order valence-corrected chi connectivity index (χ2v) is 11.6. The van der Waals surface area contributed by atoms with Crippen LogP contribution in [0.4, 0.5) is 13.2 Å². The molecule has 1 aromatic heterocycles. The number of hydrogen-bond acceptors (Lipinski definition) is 8. The van der Waals surface area contributed by atoms with E-state index >= 15 is 0 Å². The van der Waals surface area contributed by atoms with Gasteiger partial charge in [-0.05, 0) is 54.6 Å². The van der Waals surface area contributed by atoms with Crippen LogP contribution in [0.25, 0.3) is 0 Å². The molecule has 14 heteroatoms. The normalized spacial score (nSPS) is 12.1. The molecule has 0 aliphatic carbocycles. The lowest BCUT2D eigenvalue weighted by molar-refractivity contribution is -0.137. The Morgan fingerprint density at radius 1 is 0.821 bits per heavy atom. The Balaban J connectivity index is 1.77. The third kappa shape index (κ3) is 6.27. The van der Waals surface area contributed by atoms with Crippen molar-refractivity contribution in [1.82, 2.24) is 4.98 Å². The summed E-state index contributed by atoms with van der Waals surface area (Å²) in [6, 6.07) is 16.0. The fourth-order valence-electron chi connectivity index (χ4n) is 3.23. The summed E-state index contributed by atoms with van der Waals surface area (Å²) in [5.74, 6) is -0.813. The quantitative estimate of drug-likeness (QED) is 0.222. The zero-order chi connectivity index (χ0) is 28.4. The lowest BCUT2D eigenvalue weighted by Crippen LogP contribution is -2.13. The summed E-state index contributed by atoms with van der Waals surface area (Å²) >= 11 is 5.90. The van der Waals surface area contributed by atoms with E-state index in [0.29, 0.717) is 18.0 Å². The van der Waals surface area contributed by atoms with Gasteiger partial charge in [-0.25, -0.2) is 13.4 Å². The van der Waals surface area contributed by atoms with E-state index in [0.717, 1.165) is 18.2 Å². The van der Waals surface area contributed by atoms with Gasteiger partial charge in [0.2, 0.25) is 15.7 Å². The smallest absolute Gasteiger partial charge is 0.417 e. The number of pyridine rings is 1. The number of sulfone groups is 1. The molecule has 0 amide bonds. The third-order valence-electron chi connectivity index (χ3n) is 5.16. The number of hydrogen-bond donors (Lipinski definition) is 0. The molecule has 0 saturated heterocycles. The monoisotopic (exact) mass is 599 g/mol. The first-order valence-corrected chi connectivity index (χ1v) is 14.0. The summed E-state index contributed by atoms with van der Waals surface area (Å²) < 4.78 is 107. The lowest BCUT2D eigenvalue weighted by Gasteiger charge is -2.15. The van der Waals surface area contributed by atoms with Gasteiger partial charge in [-0.2, -0.15) is 21.6 Å². The summed E-state index contributed by atoms with van der Waals surface area (Å²) in [5.41, 5.74) is -1.11. The second kappa shape index (κ2) is 10.8. The molecule has 0 unspecified atom stereocenters. The Labute approximate surface area is 226 Å². The number of ether oxygens (including phenoxy) is 2. The first kappa shape index (κ1) is 28.2. The fourth-order valence-corrected chi connectivity index (χ4v) is 5.85. The minimum absolute atomic E-state index is 0.181. The Kier molecular flexibility index (Phi) is 7.77. The predicted octanol–water partition coefficient (Wildman–Crippen LogP) is 6.16. The molecular weight excluding hydrogens is 583 g/mol. The molecule has 39 heavy (non-hydrogen) atoms. The molecule has 1 heterocycles. The standard InChI is InChI=1S/C25H17ClF3NO7S2/c1-35-17-7-10-20(11-8-17)39(33,34)37-22-12-9-18(14-23(22)38(31,32)19-5-3-2-4-6-19)36-24-21(26)13-16(15-30-24)25(27,28)29/h2-15H,1H3. The second-order valence-electron chi connectivity index (χ2n) is 7.75. The van der Waals surface area contributed by atoms with Gasteiger partial charge in [0.1, 0.15) is 26.3 Å². The fraction of sp³-hybridized carbons (Fsp3) is 0.0800. The van der Waals surface area contributed by atoms with Crippen molar-refractivity contribution in [3.63, 3.8) is 0 Å². The van der Waals surface area contributed by atoms with E-state index in [1.165, 1.54) is 55.6 Å². The molecule has 0 aliphatic rings. The van der Waals surface area contributed by atoms with E-state index in [2.05, 4.69) is 4.98 Å². The Bertz CT molecular complexity index is 1710. The minimum atomic E-state index is -4.69. The van der Waals surface area contributed by atoms with Gasteiger partial charge in [-0.15, -0.1) is 0 Å². The number of benzene rings is 3. The van der Waals surface area contributed by atoms with Gasteiger partial charge in [-0.3, -0.25) is 0 Å². The average molecular weight is 600 g/mol. The number of methoxy groups -OCH3 is 1. The van der Waals surface area contributed by atoms with E-state index in [1.807, 2.05) is 0 Å². The van der Waals surface area contributed by atoms with Crippen LogP contribution in [-0.4, -0.2) is 28.9 Å². The van der Waals surface area contributed by atoms with Crippen LogP contribution in [0.3, 0.4) is 0 Å². The van der Waals surface area contributed by atoms with E-state index in [9.17, 15) is 30.0 Å². The summed E-state index contributed by atoms with van der Waals surface area (Å²) in [7, 11) is -7.48. The van der Waals surface area contributed by atoms with E-state index < -0.39 is 53.2 Å². The van der Waals surface area contributed by atoms with Crippen molar-refractivity contribution in [3.8, 4) is 23.1 Å². The molecule has 0 atom stereocenters. The largest absolute Gasteiger partial charge is 0.497 e. The van der Waals surface area contributed by atoms with Crippen LogP contribution in [-0.2, 0) is 26.1 Å². The SMILES string of the molecule is COc1ccc(S(=O)(=O)Oc2ccc(Oc3ncc(C(F)(F)F)cc3Cl)cc2S(=O)(=O)c2ccccc2)cc1. The maximum absolute atomic E-state index is 13.5. The number of aromatic nitrogens is 1. The summed E-state index contributed by atoms with van der Waals surface area (Å²) in [6.07, 6.45) is -4.19. The minimum Gasteiger partial charge on any atom is -0.497 e. The van der Waals surface area contributed by atoms with E-state index in [4.69, 9.17) is 25.3 Å². The van der Waals surface area contributed by atoms with Crippen LogP contribution in [0.5, 0.6) is 23.1 Å². The van der Waals surface area contributed by atoms with E-state index in [-0.39, 0.29) is 15.5 Å². The Morgan fingerprint density at radius 2 is 1.46 bits per heavy atom. The van der Waals surface area contributed by atoms with Gasteiger partial charge in [0.15, 0.2) is 5.75 Å². The zero-order valence-electron chi connectivity index (χ0n) is 19.7. The summed E-state index contributed by atoms with van der Waals surface area (Å²) in [4.78, 5) is 2.52. The van der Waals surface area contributed by atoms with Crippen LogP contribution in [0, 0.1) is 0 Å². The van der Waals surface area contributed by atoms with Gasteiger partial charge in [0.05, 0.1) is 17.6 Å².